The lowest BCUT2D eigenvalue weighted by Crippen LogP contribution is -1.95. The quantitative estimate of drug-likeness (QED) is 0.116. The van der Waals surface area contributed by atoms with Crippen LogP contribution in [0.1, 0.15) is 6.85 Å². The molecule has 0 aliphatic carbocycles. The van der Waals surface area contributed by atoms with Gasteiger partial charge in [-0.2, -0.15) is 0 Å². The van der Waals surface area contributed by atoms with E-state index < -0.39 is 18.1 Å². The molecule has 28 rings (SSSR count). The van der Waals surface area contributed by atoms with Crippen LogP contribution in [0.15, 0.2) is 394 Å². The molecule has 0 spiro atoms. The Bertz CT molecular complexity index is 9950. The van der Waals surface area contributed by atoms with Crippen LogP contribution in [0.4, 0.5) is 0 Å². The van der Waals surface area contributed by atoms with E-state index in [9.17, 15) is 0 Å². The topological polar surface area (TPSA) is 147 Å². The summed E-state index contributed by atoms with van der Waals surface area (Å²) in [7, 11) is 0. The molecule has 20 heteroatoms. The number of rotatable bonds is 6. The van der Waals surface area contributed by atoms with Gasteiger partial charge in [0.2, 0.25) is 26.4 Å². The van der Waals surface area contributed by atoms with Crippen LogP contribution in [0.3, 0.4) is 0 Å². The lowest BCUT2D eigenvalue weighted by molar-refractivity contribution is 1.18. The summed E-state index contributed by atoms with van der Waals surface area (Å²) in [5, 5.41) is 24.7. The molecule has 28 aromatic rings. The first-order chi connectivity index (χ1) is 68.6. The van der Waals surface area contributed by atoms with Crippen molar-refractivity contribution in [2.45, 2.75) is 0 Å². The highest BCUT2D eigenvalue weighted by Crippen LogP contribution is 2.48. The minimum Gasteiger partial charge on any atom is -0.309 e. The summed E-state index contributed by atoms with van der Waals surface area (Å²) in [6, 6.07) is 119. The molecule has 0 N–H and O–H groups in total. The second kappa shape index (κ2) is 35.1. The van der Waals surface area contributed by atoms with Gasteiger partial charge in [-0.3, -0.25) is 4.98 Å². The molecule has 18 aromatic carbocycles. The fraction of sp³-hybridized carbons (Fsp3) is 0. The molecular formula is C115H65Cl5N12S3. The minimum absolute atomic E-state index is 0.0298. The van der Waals surface area contributed by atoms with Crippen LogP contribution < -0.4 is 0 Å². The maximum absolute atomic E-state index is 8.18. The molecule has 10 heterocycles. The van der Waals surface area contributed by atoms with Crippen molar-refractivity contribution >= 4 is 272 Å². The predicted molar refractivity (Wildman–Crippen MR) is 571 cm³/mol. The molecular weight excluding hydrogens is 1820 g/mol. The van der Waals surface area contributed by atoms with Crippen molar-refractivity contribution in [1.82, 2.24) is 59.4 Å². The Labute approximate surface area is 814 Å². The third kappa shape index (κ3) is 15.0. The fourth-order valence-electron chi connectivity index (χ4n) is 18.7. The van der Waals surface area contributed by atoms with Gasteiger partial charge < -0.3 is 4.57 Å². The average molecular weight is 1890 g/mol. The number of hydrogen-bond acceptors (Lipinski definition) is 14. The van der Waals surface area contributed by atoms with Gasteiger partial charge in [0.05, 0.1) is 83.3 Å². The smallest absolute Gasteiger partial charge is 0.223 e. The number of halogens is 5. The molecule has 0 aliphatic rings. The maximum Gasteiger partial charge on any atom is 0.223 e. The summed E-state index contributed by atoms with van der Waals surface area (Å²) in [6.07, 6.45) is 3.56. The van der Waals surface area contributed by atoms with Gasteiger partial charge >= 0.3 is 0 Å². The summed E-state index contributed by atoms with van der Waals surface area (Å²) < 4.78 is 48.6. The van der Waals surface area contributed by atoms with E-state index in [0.717, 1.165) is 158 Å². The number of pyridine rings is 1. The molecule has 0 amide bonds. The number of benzene rings is 18. The SMILES string of the molecule is Clc1nc(-c2ccc3c(c2)c2ccccc2n3-c2ccccc2)c2c3ccccc3c3ccccc3c2n1.Clc1nc(-c2ccc3sc4ccccc4c3c2)c2c3ccccc3c3ccccc3c2n1.Clc1nc(-c2ccccc2)c2sc3ccccc3c2n1.Clc1nc(-c2cccnc2)c2c3ccccc3c3ccccc3c2n1.[2H]c1c([2H])c([2H])c(-c2nc(Cl)nc3c2sc2ccccc23)c([2H])c1[2H]. The number of aromatic nitrogens is 12. The van der Waals surface area contributed by atoms with Crippen molar-refractivity contribution < 1.29 is 6.85 Å². The molecule has 12 nitrogen and oxygen atoms in total. The van der Waals surface area contributed by atoms with Gasteiger partial charge in [0.1, 0.15) is 0 Å². The van der Waals surface area contributed by atoms with Gasteiger partial charge in [0.25, 0.3) is 0 Å². The summed E-state index contributed by atoms with van der Waals surface area (Å²) in [5.74, 6) is 0. The molecule has 0 bridgehead atoms. The number of thiophene rings is 3. The zero-order valence-corrected chi connectivity index (χ0v) is 76.9. The molecule has 0 fully saturated rings. The number of hydrogen-bond donors (Lipinski definition) is 0. The van der Waals surface area contributed by atoms with Crippen molar-refractivity contribution in [1.29, 1.82) is 0 Å². The first kappa shape index (κ1) is 77.4. The Kier molecular flexibility index (Phi) is 20.1. The fourth-order valence-corrected chi connectivity index (χ4v) is 22.9. The van der Waals surface area contributed by atoms with E-state index in [1.54, 1.807) is 17.5 Å². The van der Waals surface area contributed by atoms with Crippen molar-refractivity contribution in [3.63, 3.8) is 0 Å². The monoisotopic (exact) mass is 1890 g/mol. The van der Waals surface area contributed by atoms with E-state index >= 15 is 0 Å². The second-order valence-electron chi connectivity index (χ2n) is 32.0. The average Bonchev–Trinajstić information content (AvgIpc) is 0.987. The molecule has 0 aliphatic heterocycles. The Balaban J connectivity index is 0.0000000965. The van der Waals surface area contributed by atoms with Crippen molar-refractivity contribution in [2.24, 2.45) is 0 Å². The first-order valence-electron chi connectivity index (χ1n) is 45.6. The van der Waals surface area contributed by atoms with E-state index in [-0.39, 0.29) is 44.5 Å². The standard InChI is InChI=1S/C34H20ClN3.C28H15ClN2S.C21H12ClN3.2C16H9ClN2S/c35-34-36-32(31-26-15-6-4-12-23(26)24-13-5-7-16-27(24)33(31)37-34)21-18-19-30-28(20-21)25-14-8-9-17-29(25)38(30)22-10-2-1-3-11-22;29-28-30-26(16-13-14-24-22(15-16)19-9-5-6-12-23(19)32-24)25-20-10-3-1-7-17(20)18-8-2-4-11-21(18)27(25)31-28;22-21-24-19(13-6-5-11-23-12-13)18-16-9-3-1-7-14(16)15-8-2-4-10-17(15)20(18)25-21;2*17-16-18-13(10-6-2-1-3-7-10)15-14(19-16)11-8-4-5-9-12(11)20-15/h1-20H;1-15H;1-12H;2*1-9H/i;;;1D,2D,3D,6D,7D;. The van der Waals surface area contributed by atoms with Crippen LogP contribution in [0.25, 0.3) is 242 Å². The highest BCUT2D eigenvalue weighted by atomic mass is 35.5. The van der Waals surface area contributed by atoms with Crippen LogP contribution in [-0.2, 0) is 0 Å². The summed E-state index contributed by atoms with van der Waals surface area (Å²) >= 11 is 36.5. The van der Waals surface area contributed by atoms with Crippen molar-refractivity contribution in [2.75, 3.05) is 0 Å². The maximum atomic E-state index is 8.18. The number of para-hydroxylation sites is 2. The molecule has 135 heavy (non-hydrogen) atoms. The number of fused-ring (bicyclic) bond motifs is 30. The van der Waals surface area contributed by atoms with E-state index in [1.807, 2.05) is 121 Å². The third-order valence-corrected chi connectivity index (χ3v) is 28.7. The van der Waals surface area contributed by atoms with Gasteiger partial charge in [0, 0.05) is 129 Å². The van der Waals surface area contributed by atoms with Crippen LogP contribution >= 0.6 is 92.0 Å². The lowest BCUT2D eigenvalue weighted by atomic mass is 9.94. The summed E-state index contributed by atoms with van der Waals surface area (Å²) in [4.78, 5) is 49.7. The first-order valence-corrected chi connectivity index (χ1v) is 47.5. The van der Waals surface area contributed by atoms with Crippen molar-refractivity contribution in [3.05, 3.63) is 421 Å². The number of nitrogens with zero attached hydrogens (tertiary/aromatic N) is 12. The normalized spacial score (nSPS) is 12.1. The lowest BCUT2D eigenvalue weighted by Gasteiger charge is -2.13. The van der Waals surface area contributed by atoms with E-state index in [1.165, 1.54) is 74.0 Å². The Hall–Kier alpha value is -15.2. The van der Waals surface area contributed by atoms with Gasteiger partial charge in [-0.1, -0.05) is 309 Å². The molecule has 0 unspecified atom stereocenters. The van der Waals surface area contributed by atoms with Crippen LogP contribution in [0.2, 0.25) is 26.4 Å². The van der Waals surface area contributed by atoms with Gasteiger partial charge in [0.15, 0.2) is 0 Å². The van der Waals surface area contributed by atoms with Crippen molar-refractivity contribution in [3.8, 4) is 62.0 Å². The highest BCUT2D eigenvalue weighted by molar-refractivity contribution is 7.27. The van der Waals surface area contributed by atoms with Gasteiger partial charge in [-0.25, -0.2) is 49.8 Å². The zero-order valence-electron chi connectivity index (χ0n) is 75.6. The highest BCUT2D eigenvalue weighted by Gasteiger charge is 2.25. The van der Waals surface area contributed by atoms with E-state index in [0.29, 0.717) is 15.5 Å². The van der Waals surface area contributed by atoms with E-state index in [4.69, 9.17) is 84.8 Å². The van der Waals surface area contributed by atoms with E-state index in [2.05, 4.69) is 288 Å². The molecule has 0 radical (unpaired) electrons. The molecule has 0 atom stereocenters. The Morgan fingerprint density at radius 3 is 1.02 bits per heavy atom. The second-order valence-corrected chi connectivity index (χ2v) is 36.9. The molecule has 638 valence electrons. The summed E-state index contributed by atoms with van der Waals surface area (Å²) in [5.41, 5.74) is 15.4. The Morgan fingerprint density at radius 1 is 0.222 bits per heavy atom. The molecule has 0 saturated heterocycles. The largest absolute Gasteiger partial charge is 0.309 e. The predicted octanol–water partition coefficient (Wildman–Crippen LogP) is 34.0. The third-order valence-electron chi connectivity index (χ3n) is 24.4. The van der Waals surface area contributed by atoms with Crippen LogP contribution in [-0.4, -0.2) is 59.4 Å². The minimum atomic E-state index is -0.438. The summed E-state index contributed by atoms with van der Waals surface area (Å²) in [6.45, 7) is 0. The Morgan fingerprint density at radius 2 is 0.556 bits per heavy atom. The molecule has 10 aromatic heterocycles. The van der Waals surface area contributed by atoms with Gasteiger partial charge in [-0.15, -0.1) is 34.0 Å². The van der Waals surface area contributed by atoms with Crippen LogP contribution in [0.5, 0.6) is 0 Å². The van der Waals surface area contributed by atoms with Gasteiger partial charge in [-0.05, 0) is 179 Å². The van der Waals surface area contributed by atoms with Crippen LogP contribution in [0, 0.1) is 0 Å². The zero-order chi connectivity index (χ0) is 94.7. The molecule has 0 saturated carbocycles.